The van der Waals surface area contributed by atoms with E-state index in [-0.39, 0.29) is 0 Å². The smallest absolute Gasteiger partial charge is 0.119 e. The molecule has 0 radical (unpaired) electrons. The Morgan fingerprint density at radius 3 is 2.86 bits per heavy atom. The largest absolute Gasteiger partial charge is 0.494 e. The molecule has 1 nitrogen and oxygen atoms in total. The molecule has 0 aliphatic heterocycles. The summed E-state index contributed by atoms with van der Waals surface area (Å²) in [6.07, 6.45) is 1.96. The number of halogens is 2. The van der Waals surface area contributed by atoms with Crippen LogP contribution in [0.3, 0.4) is 0 Å². The van der Waals surface area contributed by atoms with E-state index in [0.717, 1.165) is 41.1 Å². The van der Waals surface area contributed by atoms with Crippen molar-refractivity contribution in [3.8, 4) is 5.75 Å². The third-order valence-electron chi connectivity index (χ3n) is 1.94. The van der Waals surface area contributed by atoms with Crippen LogP contribution >= 0.6 is 27.5 Å². The van der Waals surface area contributed by atoms with Gasteiger partial charge in [0.25, 0.3) is 0 Å². The van der Waals surface area contributed by atoms with Crippen LogP contribution in [-0.4, -0.2) is 11.9 Å². The second-order valence-electron chi connectivity index (χ2n) is 3.00. The highest BCUT2D eigenvalue weighted by Crippen LogP contribution is 2.22. The third-order valence-corrected chi connectivity index (χ3v) is 2.87. The lowest BCUT2D eigenvalue weighted by Crippen LogP contribution is -1.98. The Hall–Kier alpha value is -0.210. The topological polar surface area (TPSA) is 9.23 Å². The van der Waals surface area contributed by atoms with Crippen molar-refractivity contribution in [3.05, 3.63) is 28.8 Å². The van der Waals surface area contributed by atoms with E-state index in [1.54, 1.807) is 0 Å². The van der Waals surface area contributed by atoms with Gasteiger partial charge in [0.2, 0.25) is 0 Å². The summed E-state index contributed by atoms with van der Waals surface area (Å²) in [6.45, 7) is 2.83. The number of aryl methyl sites for hydroxylation is 1. The molecule has 0 aliphatic carbocycles. The van der Waals surface area contributed by atoms with Gasteiger partial charge in [-0.1, -0.05) is 34.5 Å². The molecular formula is C11H14BrClO. The number of hydrogen-bond acceptors (Lipinski definition) is 1. The molecule has 1 aromatic rings. The number of hydrogen-bond donors (Lipinski definition) is 0. The van der Waals surface area contributed by atoms with Crippen LogP contribution in [0.25, 0.3) is 0 Å². The fourth-order valence-electron chi connectivity index (χ4n) is 1.16. The highest BCUT2D eigenvalue weighted by atomic mass is 79.9. The summed E-state index contributed by atoms with van der Waals surface area (Å²) in [5.74, 6) is 0.909. The highest BCUT2D eigenvalue weighted by Gasteiger charge is 2.00. The van der Waals surface area contributed by atoms with E-state index in [9.17, 15) is 0 Å². The molecule has 1 rings (SSSR count). The van der Waals surface area contributed by atoms with Crippen LogP contribution in [0.15, 0.2) is 18.2 Å². The maximum Gasteiger partial charge on any atom is 0.119 e. The summed E-state index contributed by atoms with van der Waals surface area (Å²) in [5, 5.41) is 1.79. The van der Waals surface area contributed by atoms with Gasteiger partial charge in [0.15, 0.2) is 0 Å². The Morgan fingerprint density at radius 2 is 2.21 bits per heavy atom. The van der Waals surface area contributed by atoms with Crippen molar-refractivity contribution in [3.63, 3.8) is 0 Å². The Labute approximate surface area is 98.5 Å². The Balaban J connectivity index is 2.60. The first-order valence-electron chi connectivity index (χ1n) is 4.75. The molecule has 0 aromatic heterocycles. The fourth-order valence-corrected chi connectivity index (χ4v) is 1.64. The Bertz CT molecular complexity index is 289. The molecule has 0 aliphatic rings. The summed E-state index contributed by atoms with van der Waals surface area (Å²) in [5.41, 5.74) is 1.14. The quantitative estimate of drug-likeness (QED) is 0.582. The van der Waals surface area contributed by atoms with Gasteiger partial charge in [-0.2, -0.15) is 0 Å². The molecular weight excluding hydrogens is 263 g/mol. The third kappa shape index (κ3) is 3.50. The molecule has 1 aromatic carbocycles. The molecule has 3 heteroatoms. The maximum absolute atomic E-state index is 5.99. The molecule has 0 heterocycles. The van der Waals surface area contributed by atoms with Gasteiger partial charge >= 0.3 is 0 Å². The predicted molar refractivity (Wildman–Crippen MR) is 64.7 cm³/mol. The van der Waals surface area contributed by atoms with Crippen molar-refractivity contribution in [1.82, 2.24) is 0 Å². The van der Waals surface area contributed by atoms with Gasteiger partial charge in [-0.3, -0.25) is 0 Å². The molecule has 0 saturated carbocycles. The molecule has 0 unspecified atom stereocenters. The van der Waals surface area contributed by atoms with Crippen LogP contribution in [-0.2, 0) is 6.42 Å². The molecule has 0 saturated heterocycles. The van der Waals surface area contributed by atoms with Gasteiger partial charge < -0.3 is 4.74 Å². The molecule has 0 bridgehead atoms. The number of rotatable bonds is 5. The van der Waals surface area contributed by atoms with Crippen LogP contribution in [0.5, 0.6) is 5.75 Å². The second kappa shape index (κ2) is 6.31. The SMILES string of the molecule is CCc1cc(OCCCBr)ccc1Cl. The van der Waals surface area contributed by atoms with Crippen molar-refractivity contribution in [2.24, 2.45) is 0 Å². The van der Waals surface area contributed by atoms with E-state index >= 15 is 0 Å². The predicted octanol–water partition coefficient (Wildman–Crippen LogP) is 4.07. The van der Waals surface area contributed by atoms with Crippen LogP contribution < -0.4 is 4.74 Å². The summed E-state index contributed by atoms with van der Waals surface area (Å²) >= 11 is 9.36. The average Bonchev–Trinajstić information content (AvgIpc) is 2.21. The number of benzene rings is 1. The van der Waals surface area contributed by atoms with E-state index < -0.39 is 0 Å². The van der Waals surface area contributed by atoms with Crippen LogP contribution in [0, 0.1) is 0 Å². The zero-order valence-corrected chi connectivity index (χ0v) is 10.6. The second-order valence-corrected chi connectivity index (χ2v) is 4.20. The summed E-state index contributed by atoms with van der Waals surface area (Å²) in [7, 11) is 0. The van der Waals surface area contributed by atoms with Gasteiger partial charge in [-0.15, -0.1) is 0 Å². The summed E-state index contributed by atoms with van der Waals surface area (Å²) in [4.78, 5) is 0. The Kier molecular flexibility index (Phi) is 5.34. The lowest BCUT2D eigenvalue weighted by molar-refractivity contribution is 0.319. The van der Waals surface area contributed by atoms with E-state index in [0.29, 0.717) is 0 Å². The van der Waals surface area contributed by atoms with Crippen molar-refractivity contribution in [2.45, 2.75) is 19.8 Å². The van der Waals surface area contributed by atoms with E-state index in [1.807, 2.05) is 18.2 Å². The molecule has 0 N–H and O–H groups in total. The van der Waals surface area contributed by atoms with Gasteiger partial charge in [0.1, 0.15) is 5.75 Å². The zero-order valence-electron chi connectivity index (χ0n) is 8.22. The first kappa shape index (κ1) is 11.9. The van der Waals surface area contributed by atoms with Crippen molar-refractivity contribution >= 4 is 27.5 Å². The van der Waals surface area contributed by atoms with Crippen LogP contribution in [0.4, 0.5) is 0 Å². The van der Waals surface area contributed by atoms with Gasteiger partial charge in [0.05, 0.1) is 6.61 Å². The summed E-state index contributed by atoms with van der Waals surface area (Å²) < 4.78 is 5.56. The van der Waals surface area contributed by atoms with Crippen LogP contribution in [0.2, 0.25) is 5.02 Å². The minimum Gasteiger partial charge on any atom is -0.494 e. The van der Waals surface area contributed by atoms with E-state index in [1.165, 1.54) is 0 Å². The maximum atomic E-state index is 5.99. The van der Waals surface area contributed by atoms with Crippen molar-refractivity contribution in [2.75, 3.05) is 11.9 Å². The highest BCUT2D eigenvalue weighted by molar-refractivity contribution is 9.09. The normalized spacial score (nSPS) is 10.2. The minimum absolute atomic E-state index is 0.746. The molecule has 0 atom stereocenters. The van der Waals surface area contributed by atoms with E-state index in [2.05, 4.69) is 22.9 Å². The van der Waals surface area contributed by atoms with Gasteiger partial charge in [-0.25, -0.2) is 0 Å². The molecule has 0 amide bonds. The average molecular weight is 278 g/mol. The molecule has 14 heavy (non-hydrogen) atoms. The van der Waals surface area contributed by atoms with Gasteiger partial charge in [0, 0.05) is 10.4 Å². The van der Waals surface area contributed by atoms with Crippen LogP contribution in [0.1, 0.15) is 18.9 Å². The van der Waals surface area contributed by atoms with Crippen molar-refractivity contribution in [1.29, 1.82) is 0 Å². The number of ether oxygens (including phenoxy) is 1. The molecule has 0 fully saturated rings. The monoisotopic (exact) mass is 276 g/mol. The lowest BCUT2D eigenvalue weighted by Gasteiger charge is -2.07. The standard InChI is InChI=1S/C11H14BrClO/c1-2-9-8-10(4-5-11(9)13)14-7-3-6-12/h4-5,8H,2-3,6-7H2,1H3. The van der Waals surface area contributed by atoms with Crippen molar-refractivity contribution < 1.29 is 4.74 Å². The first-order chi connectivity index (χ1) is 6.77. The first-order valence-corrected chi connectivity index (χ1v) is 6.25. The van der Waals surface area contributed by atoms with E-state index in [4.69, 9.17) is 16.3 Å². The zero-order chi connectivity index (χ0) is 10.4. The number of alkyl halides is 1. The fraction of sp³-hybridized carbons (Fsp3) is 0.455. The minimum atomic E-state index is 0.746. The summed E-state index contributed by atoms with van der Waals surface area (Å²) in [6, 6.07) is 5.82. The Morgan fingerprint density at radius 1 is 1.43 bits per heavy atom. The van der Waals surface area contributed by atoms with Gasteiger partial charge in [-0.05, 0) is 36.6 Å². The molecule has 78 valence electrons. The lowest BCUT2D eigenvalue weighted by atomic mass is 10.1. The molecule has 0 spiro atoms.